The first-order chi connectivity index (χ1) is 14.8. The fourth-order valence-corrected chi connectivity index (χ4v) is 2.29. The van der Waals surface area contributed by atoms with E-state index in [1.807, 2.05) is 19.1 Å². The van der Waals surface area contributed by atoms with Gasteiger partial charge in [0.25, 0.3) is 0 Å². The van der Waals surface area contributed by atoms with Gasteiger partial charge in [-0.25, -0.2) is 9.59 Å². The molecule has 31 heavy (non-hydrogen) atoms. The monoisotopic (exact) mass is 423 g/mol. The van der Waals surface area contributed by atoms with Crippen molar-refractivity contribution >= 4 is 23.9 Å². The Balaban J connectivity index is 0.000000233. The number of aryl methyl sites for hydroxylation is 1. The number of hydrogen-bond acceptors (Lipinski definition) is 6. The van der Waals surface area contributed by atoms with Crippen molar-refractivity contribution in [3.05, 3.63) is 95.1 Å². The summed E-state index contributed by atoms with van der Waals surface area (Å²) in [4.78, 5) is 31.5. The molecule has 7 heteroatoms. The number of para-hydroxylation sites is 1. The number of carboxylic acids is 1. The summed E-state index contributed by atoms with van der Waals surface area (Å²) in [5, 5.41) is 8.49. The number of nitrogen functional groups attached to an aromatic ring is 1. The van der Waals surface area contributed by atoms with Gasteiger partial charge in [0.15, 0.2) is 0 Å². The summed E-state index contributed by atoms with van der Waals surface area (Å²) in [6.45, 7) is 1.88. The number of esters is 1. The summed E-state index contributed by atoms with van der Waals surface area (Å²) < 4.78 is 9.48. The Kier molecular flexibility index (Phi) is 10.6. The van der Waals surface area contributed by atoms with Crippen molar-refractivity contribution in [1.29, 1.82) is 0 Å². The fraction of sp³-hybridized carbons (Fsp3) is 0.125. The van der Waals surface area contributed by atoms with E-state index in [1.54, 1.807) is 61.7 Å². The van der Waals surface area contributed by atoms with Crippen LogP contribution in [-0.2, 0) is 4.74 Å². The van der Waals surface area contributed by atoms with Gasteiger partial charge in [-0.3, -0.25) is 4.79 Å². The van der Waals surface area contributed by atoms with Crippen molar-refractivity contribution in [3.8, 4) is 5.75 Å². The van der Waals surface area contributed by atoms with E-state index in [-0.39, 0.29) is 11.5 Å². The molecule has 0 aliphatic carbocycles. The number of aromatic carboxylic acids is 1. The summed E-state index contributed by atoms with van der Waals surface area (Å²) in [7, 11) is 2.98. The zero-order valence-corrected chi connectivity index (χ0v) is 17.6. The van der Waals surface area contributed by atoms with Crippen LogP contribution in [0.2, 0.25) is 0 Å². The van der Waals surface area contributed by atoms with E-state index in [0.717, 1.165) is 17.6 Å². The van der Waals surface area contributed by atoms with E-state index in [4.69, 9.17) is 15.6 Å². The summed E-state index contributed by atoms with van der Waals surface area (Å²) in [5.41, 5.74) is 8.04. The molecule has 0 unspecified atom stereocenters. The first-order valence-corrected chi connectivity index (χ1v) is 9.15. The van der Waals surface area contributed by atoms with E-state index < -0.39 is 5.97 Å². The molecule has 0 spiro atoms. The molecule has 0 atom stereocenters. The number of carbonyl (C=O) groups is 3. The number of nitrogens with two attached hydrogens (primary N) is 1. The molecule has 162 valence electrons. The van der Waals surface area contributed by atoms with Crippen molar-refractivity contribution < 1.29 is 29.0 Å². The predicted molar refractivity (Wildman–Crippen MR) is 119 cm³/mol. The molecule has 3 aromatic rings. The fourth-order valence-electron chi connectivity index (χ4n) is 2.29. The van der Waals surface area contributed by atoms with Gasteiger partial charge in [-0.2, -0.15) is 0 Å². The number of rotatable bonds is 4. The Hall–Kier alpha value is -4.13. The second-order valence-electron chi connectivity index (χ2n) is 6.09. The van der Waals surface area contributed by atoms with Gasteiger partial charge in [0, 0.05) is 11.3 Å². The topological polar surface area (TPSA) is 116 Å². The molecule has 3 rings (SSSR count). The molecule has 3 aromatic carbocycles. The first kappa shape index (κ1) is 24.9. The summed E-state index contributed by atoms with van der Waals surface area (Å²) in [6.07, 6.45) is 0.842. The Bertz CT molecular complexity index is 1000. The van der Waals surface area contributed by atoms with Crippen LogP contribution in [0.1, 0.15) is 36.6 Å². The Morgan fingerprint density at radius 2 is 1.55 bits per heavy atom. The van der Waals surface area contributed by atoms with Gasteiger partial charge >= 0.3 is 11.9 Å². The lowest BCUT2D eigenvalue weighted by molar-refractivity contribution is 0.0599. The maximum Gasteiger partial charge on any atom is 0.337 e. The minimum absolute atomic E-state index is 0.155. The van der Waals surface area contributed by atoms with E-state index in [9.17, 15) is 14.4 Å². The number of anilines is 1. The van der Waals surface area contributed by atoms with Crippen molar-refractivity contribution in [1.82, 2.24) is 0 Å². The highest BCUT2D eigenvalue weighted by Gasteiger charge is 2.04. The number of aldehydes is 1. The smallest absolute Gasteiger partial charge is 0.337 e. The molecular weight excluding hydrogens is 398 g/mol. The molecule has 0 fully saturated rings. The van der Waals surface area contributed by atoms with Gasteiger partial charge in [0.2, 0.25) is 0 Å². The second kappa shape index (κ2) is 13.2. The lowest BCUT2D eigenvalue weighted by Gasteiger charge is -2.01. The number of methoxy groups -OCH3 is 2. The Labute approximate surface area is 181 Å². The molecular formula is C24H25NO6. The van der Waals surface area contributed by atoms with Gasteiger partial charge in [-0.05, 0) is 55.0 Å². The van der Waals surface area contributed by atoms with Gasteiger partial charge in [-0.1, -0.05) is 30.3 Å². The third-order valence-electron chi connectivity index (χ3n) is 3.99. The molecule has 0 radical (unpaired) electrons. The predicted octanol–water partition coefficient (Wildman–Crippen LogP) is 4.26. The van der Waals surface area contributed by atoms with E-state index in [1.165, 1.54) is 13.2 Å². The molecule has 0 saturated carbocycles. The van der Waals surface area contributed by atoms with Crippen LogP contribution in [0.4, 0.5) is 5.69 Å². The second-order valence-corrected chi connectivity index (χ2v) is 6.09. The van der Waals surface area contributed by atoms with Gasteiger partial charge in [-0.15, -0.1) is 0 Å². The maximum absolute atomic E-state index is 10.8. The molecule has 0 aliphatic rings. The number of ether oxygens (including phenoxy) is 2. The van der Waals surface area contributed by atoms with Gasteiger partial charge < -0.3 is 20.3 Å². The average molecular weight is 423 g/mol. The third kappa shape index (κ3) is 8.41. The highest BCUT2D eigenvalue weighted by Crippen LogP contribution is 2.14. The zero-order chi connectivity index (χ0) is 23.2. The molecule has 0 aliphatic heterocycles. The highest BCUT2D eigenvalue weighted by molar-refractivity contribution is 5.93. The lowest BCUT2D eigenvalue weighted by Crippen LogP contribution is -2.00. The quantitative estimate of drug-likeness (QED) is 0.366. The number of carboxylic acid groups (broad SMARTS) is 1. The summed E-state index contributed by atoms with van der Waals surface area (Å²) in [6, 6.07) is 20.6. The average Bonchev–Trinajstić information content (AvgIpc) is 2.80. The van der Waals surface area contributed by atoms with Crippen LogP contribution in [0.3, 0.4) is 0 Å². The normalized spacial score (nSPS) is 9.13. The van der Waals surface area contributed by atoms with Crippen LogP contribution in [0.15, 0.2) is 72.8 Å². The van der Waals surface area contributed by atoms with E-state index in [0.29, 0.717) is 16.8 Å². The van der Waals surface area contributed by atoms with Crippen molar-refractivity contribution in [2.75, 3.05) is 20.0 Å². The van der Waals surface area contributed by atoms with Crippen LogP contribution in [0.25, 0.3) is 0 Å². The Morgan fingerprint density at radius 3 is 2.00 bits per heavy atom. The van der Waals surface area contributed by atoms with Crippen LogP contribution in [0.5, 0.6) is 5.75 Å². The first-order valence-electron chi connectivity index (χ1n) is 9.15. The number of benzene rings is 3. The van der Waals surface area contributed by atoms with Crippen LogP contribution >= 0.6 is 0 Å². The van der Waals surface area contributed by atoms with E-state index in [2.05, 4.69) is 4.74 Å². The maximum atomic E-state index is 10.8. The number of carbonyl (C=O) groups excluding carboxylic acids is 2. The molecule has 3 N–H and O–H groups in total. The molecule has 0 saturated heterocycles. The number of hydrogen-bond donors (Lipinski definition) is 2. The molecule has 0 amide bonds. The SMILES string of the molecule is COC(=O)c1ccccc1.COc1ccc(C=O)c(C)c1.Nc1ccccc1C(=O)O. The van der Waals surface area contributed by atoms with Gasteiger partial charge in [0.1, 0.15) is 12.0 Å². The molecule has 0 aromatic heterocycles. The van der Waals surface area contributed by atoms with Crippen LogP contribution in [-0.4, -0.2) is 37.6 Å². The summed E-state index contributed by atoms with van der Waals surface area (Å²) >= 11 is 0. The molecule has 0 heterocycles. The third-order valence-corrected chi connectivity index (χ3v) is 3.99. The van der Waals surface area contributed by atoms with Crippen molar-refractivity contribution in [2.45, 2.75) is 6.92 Å². The van der Waals surface area contributed by atoms with Crippen LogP contribution < -0.4 is 10.5 Å². The molecule has 7 nitrogen and oxygen atoms in total. The minimum atomic E-state index is -0.988. The van der Waals surface area contributed by atoms with E-state index >= 15 is 0 Å². The zero-order valence-electron chi connectivity index (χ0n) is 17.6. The van der Waals surface area contributed by atoms with Crippen LogP contribution in [0, 0.1) is 6.92 Å². The Morgan fingerprint density at radius 1 is 0.935 bits per heavy atom. The van der Waals surface area contributed by atoms with Crippen molar-refractivity contribution in [2.24, 2.45) is 0 Å². The van der Waals surface area contributed by atoms with Gasteiger partial charge in [0.05, 0.1) is 25.3 Å². The minimum Gasteiger partial charge on any atom is -0.497 e. The lowest BCUT2D eigenvalue weighted by atomic mass is 10.1. The highest BCUT2D eigenvalue weighted by atomic mass is 16.5. The summed E-state index contributed by atoms with van der Waals surface area (Å²) in [5.74, 6) is -0.494. The standard InChI is InChI=1S/C9H10O2.C8H8O2.C7H7NO2/c1-7-5-9(11-2)4-3-8(7)6-10;1-10-8(9)7-5-3-2-4-6-7;8-6-4-2-1-3-5(6)7(9)10/h3-6H,1-2H3;2-6H,1H3;1-4H,8H2,(H,9,10). The largest absolute Gasteiger partial charge is 0.497 e. The molecule has 0 bridgehead atoms. The van der Waals surface area contributed by atoms with Crippen molar-refractivity contribution in [3.63, 3.8) is 0 Å².